The minimum absolute atomic E-state index is 0.0167. The van der Waals surface area contributed by atoms with Crippen molar-refractivity contribution in [2.24, 2.45) is 0 Å². The fraction of sp³-hybridized carbons (Fsp3) is 0. The monoisotopic (exact) mass is 373 g/mol. The number of carbonyl (C=O) groups excluding carboxylic acids is 1. The fourth-order valence-corrected chi connectivity index (χ4v) is 2.82. The van der Waals surface area contributed by atoms with Gasteiger partial charge in [0.25, 0.3) is 15.9 Å². The van der Waals surface area contributed by atoms with E-state index in [0.29, 0.717) is 5.02 Å². The topological polar surface area (TPSA) is 63.2 Å². The number of rotatable bonds is 3. The molecule has 2 aromatic carbocycles. The normalized spacial score (nSPS) is 11.1. The standard InChI is InChI=1S/C13H9BrClNO3S/c14-10-3-7-12(8-4-10)20(18,19)16-13(17)9-1-5-11(15)6-2-9/h1-8H,(H,16,17). The van der Waals surface area contributed by atoms with Crippen molar-refractivity contribution in [1.82, 2.24) is 4.72 Å². The zero-order chi connectivity index (χ0) is 14.8. The lowest BCUT2D eigenvalue weighted by atomic mass is 10.2. The number of carbonyl (C=O) groups is 1. The Hall–Kier alpha value is -1.37. The van der Waals surface area contributed by atoms with Crippen LogP contribution in [0.3, 0.4) is 0 Å². The molecule has 0 atom stereocenters. The first kappa shape index (κ1) is 15.0. The second-order valence-electron chi connectivity index (χ2n) is 3.90. The predicted molar refractivity (Wildman–Crippen MR) is 80.2 cm³/mol. The van der Waals surface area contributed by atoms with Gasteiger partial charge in [0, 0.05) is 15.1 Å². The van der Waals surface area contributed by atoms with Crippen LogP contribution in [0.4, 0.5) is 0 Å². The Bertz CT molecular complexity index is 727. The minimum Gasteiger partial charge on any atom is -0.268 e. The Morgan fingerprint density at radius 1 is 1.00 bits per heavy atom. The quantitative estimate of drug-likeness (QED) is 0.897. The largest absolute Gasteiger partial charge is 0.268 e. The lowest BCUT2D eigenvalue weighted by Gasteiger charge is -2.07. The van der Waals surface area contributed by atoms with Crippen molar-refractivity contribution in [1.29, 1.82) is 0 Å². The number of sulfonamides is 1. The summed E-state index contributed by atoms with van der Waals surface area (Å²) in [6.45, 7) is 0. The van der Waals surface area contributed by atoms with Crippen LogP contribution in [-0.2, 0) is 10.0 Å². The lowest BCUT2D eigenvalue weighted by Crippen LogP contribution is -2.30. The van der Waals surface area contributed by atoms with Gasteiger partial charge in [-0.2, -0.15) is 0 Å². The second-order valence-corrected chi connectivity index (χ2v) is 6.93. The van der Waals surface area contributed by atoms with Crippen LogP contribution in [-0.4, -0.2) is 14.3 Å². The molecule has 1 amide bonds. The number of halogens is 2. The summed E-state index contributed by atoms with van der Waals surface area (Å²) in [5, 5.41) is 0.470. The first-order chi connectivity index (χ1) is 9.38. The van der Waals surface area contributed by atoms with E-state index in [1.165, 1.54) is 36.4 Å². The zero-order valence-corrected chi connectivity index (χ0v) is 13.2. The summed E-state index contributed by atoms with van der Waals surface area (Å²) in [5.41, 5.74) is 0.218. The summed E-state index contributed by atoms with van der Waals surface area (Å²) < 4.78 is 26.8. The number of benzene rings is 2. The Morgan fingerprint density at radius 2 is 1.55 bits per heavy atom. The van der Waals surface area contributed by atoms with Crippen molar-refractivity contribution in [3.63, 3.8) is 0 Å². The molecule has 2 aromatic rings. The second kappa shape index (κ2) is 5.95. The summed E-state index contributed by atoms with van der Waals surface area (Å²) in [5.74, 6) is -0.704. The minimum atomic E-state index is -3.89. The molecule has 0 aliphatic rings. The van der Waals surface area contributed by atoms with Gasteiger partial charge >= 0.3 is 0 Å². The molecule has 4 nitrogen and oxygen atoms in total. The third-order valence-electron chi connectivity index (χ3n) is 2.46. The van der Waals surface area contributed by atoms with E-state index in [0.717, 1.165) is 4.47 Å². The summed E-state index contributed by atoms with van der Waals surface area (Å²) in [7, 11) is -3.89. The first-order valence-corrected chi connectivity index (χ1v) is 8.12. The van der Waals surface area contributed by atoms with Crippen LogP contribution >= 0.6 is 27.5 Å². The van der Waals surface area contributed by atoms with Gasteiger partial charge in [-0.1, -0.05) is 27.5 Å². The highest BCUT2D eigenvalue weighted by atomic mass is 79.9. The highest BCUT2D eigenvalue weighted by molar-refractivity contribution is 9.10. The highest BCUT2D eigenvalue weighted by Crippen LogP contribution is 2.15. The molecule has 0 radical (unpaired) electrons. The third kappa shape index (κ3) is 3.59. The molecule has 20 heavy (non-hydrogen) atoms. The molecule has 0 aromatic heterocycles. The molecule has 0 saturated carbocycles. The number of amides is 1. The van der Waals surface area contributed by atoms with E-state index in [9.17, 15) is 13.2 Å². The predicted octanol–water partition coefficient (Wildman–Crippen LogP) is 3.22. The molecule has 0 heterocycles. The maximum Gasteiger partial charge on any atom is 0.264 e. The van der Waals surface area contributed by atoms with E-state index in [4.69, 9.17) is 11.6 Å². The molecule has 0 saturated heterocycles. The van der Waals surface area contributed by atoms with Gasteiger partial charge in [-0.05, 0) is 48.5 Å². The molecule has 1 N–H and O–H groups in total. The van der Waals surface area contributed by atoms with Crippen LogP contribution in [0.2, 0.25) is 5.02 Å². The van der Waals surface area contributed by atoms with Crippen LogP contribution in [0.15, 0.2) is 57.9 Å². The van der Waals surface area contributed by atoms with Gasteiger partial charge < -0.3 is 0 Å². The Balaban J connectivity index is 2.22. The molecule has 0 unspecified atom stereocenters. The fourth-order valence-electron chi connectivity index (χ4n) is 1.45. The Kier molecular flexibility index (Phi) is 4.47. The molecule has 7 heteroatoms. The van der Waals surface area contributed by atoms with Crippen molar-refractivity contribution in [3.05, 3.63) is 63.6 Å². The first-order valence-electron chi connectivity index (χ1n) is 5.47. The summed E-state index contributed by atoms with van der Waals surface area (Å²) >= 11 is 8.92. The average molecular weight is 375 g/mol. The third-order valence-corrected chi connectivity index (χ3v) is 4.58. The van der Waals surface area contributed by atoms with Gasteiger partial charge in [-0.15, -0.1) is 0 Å². The summed E-state index contributed by atoms with van der Waals surface area (Å²) in [6, 6.07) is 11.9. The summed E-state index contributed by atoms with van der Waals surface area (Å²) in [4.78, 5) is 11.9. The van der Waals surface area contributed by atoms with Crippen LogP contribution < -0.4 is 4.72 Å². The Labute approximate surface area is 129 Å². The van der Waals surface area contributed by atoms with Crippen molar-refractivity contribution in [3.8, 4) is 0 Å². The van der Waals surface area contributed by atoms with E-state index in [-0.39, 0.29) is 10.5 Å². The van der Waals surface area contributed by atoms with Crippen molar-refractivity contribution in [2.45, 2.75) is 4.90 Å². The van der Waals surface area contributed by atoms with E-state index >= 15 is 0 Å². The SMILES string of the molecule is O=C(NS(=O)(=O)c1ccc(Br)cc1)c1ccc(Cl)cc1. The smallest absolute Gasteiger partial charge is 0.264 e. The van der Waals surface area contributed by atoms with Gasteiger partial charge in [-0.3, -0.25) is 4.79 Å². The van der Waals surface area contributed by atoms with Gasteiger partial charge in [0.1, 0.15) is 0 Å². The molecule has 0 spiro atoms. The average Bonchev–Trinajstić information content (AvgIpc) is 2.39. The number of hydrogen-bond donors (Lipinski definition) is 1. The molecule has 104 valence electrons. The molecule has 0 fully saturated rings. The van der Waals surface area contributed by atoms with Gasteiger partial charge in [0.15, 0.2) is 0 Å². The van der Waals surface area contributed by atoms with E-state index in [1.54, 1.807) is 12.1 Å². The van der Waals surface area contributed by atoms with Gasteiger partial charge in [0.05, 0.1) is 4.90 Å². The number of nitrogens with one attached hydrogen (secondary N) is 1. The molecular weight excluding hydrogens is 366 g/mol. The van der Waals surface area contributed by atoms with Gasteiger partial charge in [0.2, 0.25) is 0 Å². The van der Waals surface area contributed by atoms with Crippen LogP contribution in [0.5, 0.6) is 0 Å². The molecule has 0 bridgehead atoms. The summed E-state index contributed by atoms with van der Waals surface area (Å²) in [6.07, 6.45) is 0. The maximum atomic E-state index is 12.0. The van der Waals surface area contributed by atoms with Gasteiger partial charge in [-0.25, -0.2) is 13.1 Å². The lowest BCUT2D eigenvalue weighted by molar-refractivity contribution is 0.0981. The maximum absolute atomic E-state index is 12.0. The van der Waals surface area contributed by atoms with Crippen LogP contribution in [0, 0.1) is 0 Å². The zero-order valence-electron chi connectivity index (χ0n) is 10.0. The molecule has 2 rings (SSSR count). The van der Waals surface area contributed by atoms with Crippen molar-refractivity contribution in [2.75, 3.05) is 0 Å². The van der Waals surface area contributed by atoms with E-state index in [1.807, 2.05) is 4.72 Å². The van der Waals surface area contributed by atoms with Crippen molar-refractivity contribution < 1.29 is 13.2 Å². The molecule has 0 aliphatic carbocycles. The Morgan fingerprint density at radius 3 is 2.10 bits per heavy atom. The van der Waals surface area contributed by atoms with Crippen molar-refractivity contribution >= 4 is 43.5 Å². The van der Waals surface area contributed by atoms with E-state index < -0.39 is 15.9 Å². The molecule has 0 aliphatic heterocycles. The number of hydrogen-bond acceptors (Lipinski definition) is 3. The van der Waals surface area contributed by atoms with E-state index in [2.05, 4.69) is 15.9 Å². The van der Waals surface area contributed by atoms with Crippen LogP contribution in [0.25, 0.3) is 0 Å². The van der Waals surface area contributed by atoms with Crippen LogP contribution in [0.1, 0.15) is 10.4 Å². The molecular formula is C13H9BrClNO3S. The highest BCUT2D eigenvalue weighted by Gasteiger charge is 2.18.